The van der Waals surface area contributed by atoms with E-state index in [0.29, 0.717) is 12.1 Å². The van der Waals surface area contributed by atoms with Crippen LogP contribution in [0.25, 0.3) is 0 Å². The minimum Gasteiger partial charge on any atom is -0.355 e. The molecule has 1 aromatic rings. The number of nitrogens with zero attached hydrogens (tertiary/aromatic N) is 4. The number of aromatic nitrogens is 1. The molecule has 1 amide bonds. The maximum absolute atomic E-state index is 12.1. The van der Waals surface area contributed by atoms with Gasteiger partial charge in [-0.2, -0.15) is 5.26 Å². The second-order valence-corrected chi connectivity index (χ2v) is 5.84. The molecule has 1 aromatic heterocycles. The van der Waals surface area contributed by atoms with Crippen molar-refractivity contribution in [3.63, 3.8) is 0 Å². The summed E-state index contributed by atoms with van der Waals surface area (Å²) in [5, 5.41) is 12.1. The Balaban J connectivity index is 1.85. The Labute approximate surface area is 131 Å². The van der Waals surface area contributed by atoms with Gasteiger partial charge in [0, 0.05) is 38.3 Å². The SMILES string of the molecule is CN(C)CCNC(=O)C1CCN(c2ncccc2C#N)CC1. The van der Waals surface area contributed by atoms with Crippen molar-refractivity contribution in [2.45, 2.75) is 12.8 Å². The number of likely N-dealkylation sites (N-methyl/N-ethyl adjacent to an activating group) is 1. The lowest BCUT2D eigenvalue weighted by molar-refractivity contribution is -0.125. The summed E-state index contributed by atoms with van der Waals surface area (Å²) in [6.07, 6.45) is 3.31. The lowest BCUT2D eigenvalue weighted by atomic mass is 9.95. The van der Waals surface area contributed by atoms with Gasteiger partial charge in [-0.25, -0.2) is 4.98 Å². The van der Waals surface area contributed by atoms with Gasteiger partial charge >= 0.3 is 0 Å². The van der Waals surface area contributed by atoms with Crippen molar-refractivity contribution in [3.8, 4) is 6.07 Å². The number of piperidine rings is 1. The standard InChI is InChI=1S/C16H23N5O/c1-20(2)11-8-19-16(22)13-5-9-21(10-6-13)15-14(12-17)4-3-7-18-15/h3-4,7,13H,5-6,8-11H2,1-2H3,(H,19,22). The van der Waals surface area contributed by atoms with Gasteiger partial charge in [0.05, 0.1) is 5.56 Å². The predicted octanol–water partition coefficient (Wildman–Crippen LogP) is 0.847. The van der Waals surface area contributed by atoms with Crippen molar-refractivity contribution < 1.29 is 4.79 Å². The van der Waals surface area contributed by atoms with Crippen LogP contribution in [0.3, 0.4) is 0 Å². The average molecular weight is 301 g/mol. The van der Waals surface area contributed by atoms with E-state index in [9.17, 15) is 4.79 Å². The smallest absolute Gasteiger partial charge is 0.223 e. The fourth-order valence-electron chi connectivity index (χ4n) is 2.64. The molecule has 0 aromatic carbocycles. The summed E-state index contributed by atoms with van der Waals surface area (Å²) in [4.78, 5) is 20.6. The van der Waals surface area contributed by atoms with Crippen LogP contribution in [0, 0.1) is 17.2 Å². The Kier molecular flexibility index (Phi) is 5.73. The molecule has 1 saturated heterocycles. The normalized spacial score (nSPS) is 15.6. The maximum atomic E-state index is 12.1. The van der Waals surface area contributed by atoms with Crippen molar-refractivity contribution in [2.75, 3.05) is 45.2 Å². The molecule has 1 aliphatic rings. The molecule has 2 heterocycles. The van der Waals surface area contributed by atoms with E-state index in [1.54, 1.807) is 18.3 Å². The second-order valence-electron chi connectivity index (χ2n) is 5.84. The summed E-state index contributed by atoms with van der Waals surface area (Å²) < 4.78 is 0. The minimum absolute atomic E-state index is 0.0626. The number of hydrogen-bond acceptors (Lipinski definition) is 5. The van der Waals surface area contributed by atoms with E-state index in [1.165, 1.54) is 0 Å². The number of hydrogen-bond donors (Lipinski definition) is 1. The molecule has 1 N–H and O–H groups in total. The first-order valence-corrected chi connectivity index (χ1v) is 7.64. The molecule has 6 heteroatoms. The molecular weight excluding hydrogens is 278 g/mol. The number of pyridine rings is 1. The van der Waals surface area contributed by atoms with Crippen molar-refractivity contribution in [2.24, 2.45) is 5.92 Å². The second kappa shape index (κ2) is 7.76. The Morgan fingerprint density at radius 3 is 2.86 bits per heavy atom. The highest BCUT2D eigenvalue weighted by atomic mass is 16.1. The summed E-state index contributed by atoms with van der Waals surface area (Å²) >= 11 is 0. The third kappa shape index (κ3) is 4.18. The number of anilines is 1. The van der Waals surface area contributed by atoms with E-state index in [-0.39, 0.29) is 11.8 Å². The molecule has 6 nitrogen and oxygen atoms in total. The van der Waals surface area contributed by atoms with Crippen LogP contribution >= 0.6 is 0 Å². The summed E-state index contributed by atoms with van der Waals surface area (Å²) in [6.45, 7) is 3.06. The van der Waals surface area contributed by atoms with E-state index < -0.39 is 0 Å². The molecule has 0 saturated carbocycles. The van der Waals surface area contributed by atoms with Crippen LogP contribution in [-0.4, -0.2) is 56.1 Å². The van der Waals surface area contributed by atoms with Crippen molar-refractivity contribution >= 4 is 11.7 Å². The monoisotopic (exact) mass is 301 g/mol. The zero-order valence-corrected chi connectivity index (χ0v) is 13.2. The van der Waals surface area contributed by atoms with Gasteiger partial charge < -0.3 is 15.1 Å². The van der Waals surface area contributed by atoms with Crippen LogP contribution in [0.5, 0.6) is 0 Å². The highest BCUT2D eigenvalue weighted by molar-refractivity contribution is 5.79. The van der Waals surface area contributed by atoms with Crippen LogP contribution in [-0.2, 0) is 4.79 Å². The molecule has 1 fully saturated rings. The van der Waals surface area contributed by atoms with Crippen molar-refractivity contribution in [1.29, 1.82) is 5.26 Å². The predicted molar refractivity (Wildman–Crippen MR) is 85.5 cm³/mol. The highest BCUT2D eigenvalue weighted by Crippen LogP contribution is 2.24. The fraction of sp³-hybridized carbons (Fsp3) is 0.562. The van der Waals surface area contributed by atoms with Gasteiger partial charge in [0.25, 0.3) is 0 Å². The Morgan fingerprint density at radius 2 is 2.23 bits per heavy atom. The number of amides is 1. The maximum Gasteiger partial charge on any atom is 0.223 e. The zero-order valence-electron chi connectivity index (χ0n) is 13.2. The first-order valence-electron chi connectivity index (χ1n) is 7.64. The van der Waals surface area contributed by atoms with Crippen LogP contribution in [0.2, 0.25) is 0 Å². The summed E-state index contributed by atoms with van der Waals surface area (Å²) in [7, 11) is 3.98. The van der Waals surface area contributed by atoms with Crippen molar-refractivity contribution in [1.82, 2.24) is 15.2 Å². The van der Waals surface area contributed by atoms with E-state index in [4.69, 9.17) is 5.26 Å². The van der Waals surface area contributed by atoms with E-state index in [2.05, 4.69) is 21.3 Å². The lowest BCUT2D eigenvalue weighted by Crippen LogP contribution is -2.42. The van der Waals surface area contributed by atoms with Gasteiger partial charge in [0.1, 0.15) is 11.9 Å². The minimum atomic E-state index is 0.0626. The Morgan fingerprint density at radius 1 is 1.50 bits per heavy atom. The van der Waals surface area contributed by atoms with Crippen LogP contribution in [0.4, 0.5) is 5.82 Å². The molecule has 1 aliphatic heterocycles. The average Bonchev–Trinajstić information content (AvgIpc) is 2.54. The van der Waals surface area contributed by atoms with Gasteiger partial charge in [-0.15, -0.1) is 0 Å². The van der Waals surface area contributed by atoms with Gasteiger partial charge in [0.2, 0.25) is 5.91 Å². The van der Waals surface area contributed by atoms with Gasteiger partial charge in [-0.1, -0.05) is 0 Å². The highest BCUT2D eigenvalue weighted by Gasteiger charge is 2.26. The molecule has 0 unspecified atom stereocenters. The molecule has 0 radical (unpaired) electrons. The number of nitriles is 1. The van der Waals surface area contributed by atoms with Crippen LogP contribution in [0.1, 0.15) is 18.4 Å². The van der Waals surface area contributed by atoms with E-state index >= 15 is 0 Å². The van der Waals surface area contributed by atoms with Gasteiger partial charge in [0.15, 0.2) is 0 Å². The third-order valence-electron chi connectivity index (χ3n) is 3.93. The molecule has 0 bridgehead atoms. The molecule has 0 atom stereocenters. The number of carbonyl (C=O) groups excluding carboxylic acids is 1. The number of rotatable bonds is 5. The van der Waals surface area contributed by atoms with Gasteiger partial charge in [-0.05, 0) is 39.1 Å². The topological polar surface area (TPSA) is 72.3 Å². The first-order chi connectivity index (χ1) is 10.6. The van der Waals surface area contributed by atoms with Gasteiger partial charge in [-0.3, -0.25) is 4.79 Å². The van der Waals surface area contributed by atoms with Crippen molar-refractivity contribution in [3.05, 3.63) is 23.9 Å². The number of nitrogens with one attached hydrogen (secondary N) is 1. The molecule has 0 spiro atoms. The largest absolute Gasteiger partial charge is 0.355 e. The summed E-state index contributed by atoms with van der Waals surface area (Å²) in [5.74, 6) is 0.937. The summed E-state index contributed by atoms with van der Waals surface area (Å²) in [5.41, 5.74) is 0.594. The fourth-order valence-corrected chi connectivity index (χ4v) is 2.64. The van der Waals surface area contributed by atoms with Crippen LogP contribution < -0.4 is 10.2 Å². The van der Waals surface area contributed by atoms with E-state index in [1.807, 2.05) is 19.0 Å². The van der Waals surface area contributed by atoms with E-state index in [0.717, 1.165) is 38.3 Å². The molecule has 118 valence electrons. The molecule has 22 heavy (non-hydrogen) atoms. The Bertz CT molecular complexity index is 544. The zero-order chi connectivity index (χ0) is 15.9. The quantitative estimate of drug-likeness (QED) is 0.873. The molecule has 2 rings (SSSR count). The Hall–Kier alpha value is -2.13. The van der Waals surface area contributed by atoms with Crippen LogP contribution in [0.15, 0.2) is 18.3 Å². The lowest BCUT2D eigenvalue weighted by Gasteiger charge is -2.32. The molecule has 0 aliphatic carbocycles. The number of carbonyl (C=O) groups is 1. The molecular formula is C16H23N5O. The summed E-state index contributed by atoms with van der Waals surface area (Å²) in [6, 6.07) is 5.73. The first kappa shape index (κ1) is 16.2. The third-order valence-corrected chi connectivity index (χ3v) is 3.93.